The van der Waals surface area contributed by atoms with Crippen LogP contribution in [0.25, 0.3) is 56.2 Å². The van der Waals surface area contributed by atoms with Crippen LogP contribution < -0.4 is 0 Å². The second-order valence-corrected chi connectivity index (χ2v) is 8.40. The standard InChI is InChI=1S/C29H19N7/c1-2-8-21(9-3-1)36-28(33-34-29(36)27-31-18-30-19-32-27)20-14-16-22(17-15-20)35-25-12-6-4-10-23(25)24-11-5-7-13-26(24)35/h1-19H. The third-order valence-corrected chi connectivity index (χ3v) is 6.33. The van der Waals surface area contributed by atoms with Gasteiger partial charge in [-0.05, 0) is 48.5 Å². The molecule has 0 aliphatic heterocycles. The first-order chi connectivity index (χ1) is 17.9. The first-order valence-corrected chi connectivity index (χ1v) is 11.6. The molecule has 7 heteroatoms. The van der Waals surface area contributed by atoms with E-state index in [1.165, 1.54) is 34.5 Å². The number of para-hydroxylation sites is 3. The topological polar surface area (TPSA) is 74.3 Å². The fourth-order valence-corrected chi connectivity index (χ4v) is 4.75. The summed E-state index contributed by atoms with van der Waals surface area (Å²) in [7, 11) is 0. The van der Waals surface area contributed by atoms with Gasteiger partial charge < -0.3 is 4.57 Å². The van der Waals surface area contributed by atoms with Crippen LogP contribution in [0.3, 0.4) is 0 Å². The molecule has 36 heavy (non-hydrogen) atoms. The van der Waals surface area contributed by atoms with Crippen molar-refractivity contribution in [2.24, 2.45) is 0 Å². The Balaban J connectivity index is 1.39. The number of nitrogens with zero attached hydrogens (tertiary/aromatic N) is 7. The van der Waals surface area contributed by atoms with Gasteiger partial charge >= 0.3 is 0 Å². The van der Waals surface area contributed by atoms with Crippen LogP contribution in [0.15, 0.2) is 116 Å². The first kappa shape index (κ1) is 20.2. The average molecular weight is 466 g/mol. The van der Waals surface area contributed by atoms with Crippen LogP contribution in [-0.2, 0) is 0 Å². The second-order valence-electron chi connectivity index (χ2n) is 8.40. The highest BCUT2D eigenvalue weighted by molar-refractivity contribution is 6.09. The van der Waals surface area contributed by atoms with Crippen LogP contribution in [0.4, 0.5) is 0 Å². The van der Waals surface area contributed by atoms with Crippen molar-refractivity contribution in [2.75, 3.05) is 0 Å². The van der Waals surface area contributed by atoms with E-state index in [-0.39, 0.29) is 0 Å². The Kier molecular flexibility index (Phi) is 4.63. The molecule has 0 atom stereocenters. The molecule has 7 rings (SSSR count). The fraction of sp³-hybridized carbons (Fsp3) is 0. The molecule has 0 bridgehead atoms. The lowest BCUT2D eigenvalue weighted by molar-refractivity contribution is 0.985. The lowest BCUT2D eigenvalue weighted by Crippen LogP contribution is -2.02. The molecule has 0 amide bonds. The van der Waals surface area contributed by atoms with Crippen molar-refractivity contribution in [3.05, 3.63) is 116 Å². The maximum absolute atomic E-state index is 4.54. The zero-order valence-corrected chi connectivity index (χ0v) is 19.1. The summed E-state index contributed by atoms with van der Waals surface area (Å²) in [5, 5.41) is 11.5. The molecule has 7 nitrogen and oxygen atoms in total. The number of hydrogen-bond acceptors (Lipinski definition) is 5. The average Bonchev–Trinajstić information content (AvgIpc) is 3.54. The van der Waals surface area contributed by atoms with Crippen molar-refractivity contribution in [2.45, 2.75) is 0 Å². The summed E-state index contributed by atoms with van der Waals surface area (Å²) < 4.78 is 4.28. The Morgan fingerprint density at radius 2 is 1.03 bits per heavy atom. The van der Waals surface area contributed by atoms with Crippen LogP contribution in [-0.4, -0.2) is 34.3 Å². The molecule has 0 saturated heterocycles. The Labute approximate surface area is 206 Å². The van der Waals surface area contributed by atoms with Gasteiger partial charge in [0, 0.05) is 27.7 Å². The van der Waals surface area contributed by atoms with E-state index >= 15 is 0 Å². The van der Waals surface area contributed by atoms with Crippen molar-refractivity contribution in [3.8, 4) is 34.4 Å². The number of hydrogen-bond donors (Lipinski definition) is 0. The summed E-state index contributed by atoms with van der Waals surface area (Å²) >= 11 is 0. The van der Waals surface area contributed by atoms with Crippen molar-refractivity contribution < 1.29 is 0 Å². The quantitative estimate of drug-likeness (QED) is 0.324. The highest BCUT2D eigenvalue weighted by Gasteiger charge is 2.19. The van der Waals surface area contributed by atoms with Crippen LogP contribution in [0.5, 0.6) is 0 Å². The lowest BCUT2D eigenvalue weighted by Gasteiger charge is -2.11. The molecule has 0 spiro atoms. The molecule has 0 N–H and O–H groups in total. The van der Waals surface area contributed by atoms with Crippen molar-refractivity contribution in [1.29, 1.82) is 0 Å². The van der Waals surface area contributed by atoms with Crippen LogP contribution >= 0.6 is 0 Å². The van der Waals surface area contributed by atoms with E-state index in [0.717, 1.165) is 16.9 Å². The summed E-state index contributed by atoms with van der Waals surface area (Å²) in [6, 6.07) is 35.4. The summed E-state index contributed by atoms with van der Waals surface area (Å²) in [5.74, 6) is 1.74. The molecule has 170 valence electrons. The van der Waals surface area contributed by atoms with E-state index in [2.05, 4.69) is 103 Å². The maximum atomic E-state index is 4.54. The van der Waals surface area contributed by atoms with Gasteiger partial charge in [0.1, 0.15) is 12.7 Å². The Morgan fingerprint density at radius 3 is 1.69 bits per heavy atom. The minimum Gasteiger partial charge on any atom is -0.309 e. The van der Waals surface area contributed by atoms with Gasteiger partial charge in [0.05, 0.1) is 11.0 Å². The van der Waals surface area contributed by atoms with Gasteiger partial charge in [0.25, 0.3) is 0 Å². The summed E-state index contributed by atoms with van der Waals surface area (Å²) in [4.78, 5) is 12.5. The Hall–Kier alpha value is -5.17. The molecule has 7 aromatic rings. The molecule has 4 aromatic carbocycles. The zero-order chi connectivity index (χ0) is 23.9. The van der Waals surface area contributed by atoms with Gasteiger partial charge in [-0.25, -0.2) is 15.0 Å². The smallest absolute Gasteiger partial charge is 0.206 e. The summed E-state index contributed by atoms with van der Waals surface area (Å²) in [5.41, 5.74) is 5.31. The van der Waals surface area contributed by atoms with Gasteiger partial charge in [-0.15, -0.1) is 10.2 Å². The van der Waals surface area contributed by atoms with E-state index in [1.54, 1.807) is 0 Å². The minimum atomic E-state index is 0.467. The van der Waals surface area contributed by atoms with E-state index in [9.17, 15) is 0 Å². The maximum Gasteiger partial charge on any atom is 0.206 e. The number of benzene rings is 4. The van der Waals surface area contributed by atoms with Gasteiger partial charge in [-0.1, -0.05) is 54.6 Å². The highest BCUT2D eigenvalue weighted by Crippen LogP contribution is 2.33. The predicted octanol–water partition coefficient (Wildman–Crippen LogP) is 5.88. The number of fused-ring (bicyclic) bond motifs is 3. The fourth-order valence-electron chi connectivity index (χ4n) is 4.75. The van der Waals surface area contributed by atoms with Crippen LogP contribution in [0.2, 0.25) is 0 Å². The lowest BCUT2D eigenvalue weighted by atomic mass is 10.1. The molecule has 3 aromatic heterocycles. The molecule has 0 aliphatic carbocycles. The Bertz CT molecular complexity index is 1770. The summed E-state index contributed by atoms with van der Waals surface area (Å²) in [6.07, 6.45) is 2.93. The van der Waals surface area contributed by atoms with E-state index in [0.29, 0.717) is 17.5 Å². The molecule has 0 aliphatic rings. The minimum absolute atomic E-state index is 0.467. The molecular formula is C29H19N7. The van der Waals surface area contributed by atoms with Crippen LogP contribution in [0, 0.1) is 0 Å². The molecule has 0 saturated carbocycles. The normalized spacial score (nSPS) is 11.3. The SMILES string of the molecule is c1ccc(-n2c(-c3ccc(-n4c5ccccc5c5ccccc54)cc3)nnc2-c2ncncn2)cc1. The molecular weight excluding hydrogens is 446 g/mol. The first-order valence-electron chi connectivity index (χ1n) is 11.6. The van der Waals surface area contributed by atoms with Crippen molar-refractivity contribution >= 4 is 21.8 Å². The summed E-state index contributed by atoms with van der Waals surface area (Å²) in [6.45, 7) is 0. The van der Waals surface area contributed by atoms with E-state index < -0.39 is 0 Å². The van der Waals surface area contributed by atoms with Crippen molar-refractivity contribution in [1.82, 2.24) is 34.3 Å². The van der Waals surface area contributed by atoms with Gasteiger partial charge in [-0.3, -0.25) is 4.57 Å². The van der Waals surface area contributed by atoms with Gasteiger partial charge in [0.15, 0.2) is 5.82 Å². The second kappa shape index (κ2) is 8.25. The third-order valence-electron chi connectivity index (χ3n) is 6.33. The Morgan fingerprint density at radius 1 is 0.472 bits per heavy atom. The molecule has 3 heterocycles. The van der Waals surface area contributed by atoms with E-state index in [4.69, 9.17) is 0 Å². The van der Waals surface area contributed by atoms with E-state index in [1.807, 2.05) is 34.9 Å². The van der Waals surface area contributed by atoms with Crippen molar-refractivity contribution in [3.63, 3.8) is 0 Å². The van der Waals surface area contributed by atoms with Gasteiger partial charge in [-0.2, -0.15) is 0 Å². The third kappa shape index (κ3) is 3.18. The molecule has 0 unspecified atom stereocenters. The molecule has 0 fully saturated rings. The number of aromatic nitrogens is 7. The monoisotopic (exact) mass is 465 g/mol. The van der Waals surface area contributed by atoms with Gasteiger partial charge in [0.2, 0.25) is 11.6 Å². The number of rotatable bonds is 4. The zero-order valence-electron chi connectivity index (χ0n) is 19.1. The molecule has 0 radical (unpaired) electrons. The highest BCUT2D eigenvalue weighted by atomic mass is 15.3. The largest absolute Gasteiger partial charge is 0.309 e. The van der Waals surface area contributed by atoms with Crippen LogP contribution in [0.1, 0.15) is 0 Å². The predicted molar refractivity (Wildman–Crippen MR) is 140 cm³/mol.